The third-order valence-electron chi connectivity index (χ3n) is 2.84. The van der Waals surface area contributed by atoms with Crippen LogP contribution in [0.4, 0.5) is 10.6 Å². The summed E-state index contributed by atoms with van der Waals surface area (Å²) in [6.07, 6.45) is 1.95. The highest BCUT2D eigenvalue weighted by atomic mass is 35.5. The lowest BCUT2D eigenvalue weighted by atomic mass is 10.2. The second-order valence-corrected chi connectivity index (χ2v) is 6.25. The summed E-state index contributed by atoms with van der Waals surface area (Å²) in [5.41, 5.74) is -0.485. The molecule has 0 aliphatic carbocycles. The Kier molecular flexibility index (Phi) is 4.32. The number of hydrogen-bond donors (Lipinski definition) is 1. The molecule has 0 bridgehead atoms. The standard InChI is InChI=1S/C13H19ClN4O2/c1-13(2,3)20-12(19)16-10-4-5-18(8-10)11-6-9(14)7-15-17-11/h6-7,10H,4-5,8H2,1-3H3,(H,16,19)/t10-/m1/s1. The Balaban J connectivity index is 1.88. The van der Waals surface area contributed by atoms with E-state index in [0.717, 1.165) is 18.8 Å². The van der Waals surface area contributed by atoms with E-state index in [1.54, 1.807) is 6.07 Å². The average molecular weight is 299 g/mol. The number of carbonyl (C=O) groups excluding carboxylic acids is 1. The summed E-state index contributed by atoms with van der Waals surface area (Å²) in [6.45, 7) is 7.00. The van der Waals surface area contributed by atoms with Crippen LogP contribution in [0.3, 0.4) is 0 Å². The first kappa shape index (κ1) is 14.8. The molecule has 0 radical (unpaired) electrons. The minimum Gasteiger partial charge on any atom is -0.444 e. The molecule has 0 spiro atoms. The summed E-state index contributed by atoms with van der Waals surface area (Å²) >= 11 is 5.90. The maximum absolute atomic E-state index is 11.7. The van der Waals surface area contributed by atoms with Crippen LogP contribution in [0.5, 0.6) is 0 Å². The van der Waals surface area contributed by atoms with Crippen molar-refractivity contribution in [2.75, 3.05) is 18.0 Å². The molecule has 1 saturated heterocycles. The third-order valence-corrected chi connectivity index (χ3v) is 3.05. The van der Waals surface area contributed by atoms with Crippen LogP contribution in [0.25, 0.3) is 0 Å². The van der Waals surface area contributed by atoms with E-state index in [-0.39, 0.29) is 12.1 Å². The summed E-state index contributed by atoms with van der Waals surface area (Å²) < 4.78 is 5.24. The molecule has 1 aliphatic heterocycles. The Morgan fingerprint density at radius 1 is 1.55 bits per heavy atom. The molecule has 110 valence electrons. The molecule has 2 rings (SSSR count). The zero-order valence-corrected chi connectivity index (χ0v) is 12.6. The molecule has 1 aromatic rings. The van der Waals surface area contributed by atoms with Crippen molar-refractivity contribution < 1.29 is 9.53 Å². The fraction of sp³-hybridized carbons (Fsp3) is 0.615. The van der Waals surface area contributed by atoms with Gasteiger partial charge in [0, 0.05) is 19.2 Å². The third kappa shape index (κ3) is 4.23. The summed E-state index contributed by atoms with van der Waals surface area (Å²) in [7, 11) is 0. The zero-order chi connectivity index (χ0) is 14.8. The Morgan fingerprint density at radius 3 is 2.95 bits per heavy atom. The monoisotopic (exact) mass is 298 g/mol. The lowest BCUT2D eigenvalue weighted by Gasteiger charge is -2.22. The molecule has 1 atom stereocenters. The SMILES string of the molecule is CC(C)(C)OC(=O)N[C@@H]1CCN(c2cc(Cl)cnn2)C1. The molecule has 6 nitrogen and oxygen atoms in total. The smallest absolute Gasteiger partial charge is 0.407 e. The molecule has 1 fully saturated rings. The number of aromatic nitrogens is 2. The Hall–Kier alpha value is -1.56. The highest BCUT2D eigenvalue weighted by Crippen LogP contribution is 2.20. The molecule has 0 saturated carbocycles. The van der Waals surface area contributed by atoms with E-state index in [9.17, 15) is 4.79 Å². The van der Waals surface area contributed by atoms with Gasteiger partial charge in [-0.1, -0.05) is 11.6 Å². The maximum atomic E-state index is 11.7. The predicted octanol–water partition coefficient (Wildman–Crippen LogP) is 2.23. The number of nitrogens with zero attached hydrogens (tertiary/aromatic N) is 3. The lowest BCUT2D eigenvalue weighted by molar-refractivity contribution is 0.0509. The van der Waals surface area contributed by atoms with E-state index in [4.69, 9.17) is 16.3 Å². The van der Waals surface area contributed by atoms with Crippen LogP contribution in [0, 0.1) is 0 Å². The highest BCUT2D eigenvalue weighted by Gasteiger charge is 2.27. The van der Waals surface area contributed by atoms with Crippen molar-refractivity contribution in [2.45, 2.75) is 38.8 Å². The van der Waals surface area contributed by atoms with E-state index in [1.807, 2.05) is 25.7 Å². The minimum absolute atomic E-state index is 0.0469. The van der Waals surface area contributed by atoms with Crippen molar-refractivity contribution in [1.29, 1.82) is 0 Å². The first-order chi connectivity index (χ1) is 9.33. The molecule has 7 heteroatoms. The molecule has 1 aromatic heterocycles. The lowest BCUT2D eigenvalue weighted by Crippen LogP contribution is -2.40. The number of anilines is 1. The fourth-order valence-electron chi connectivity index (χ4n) is 2.05. The number of amides is 1. The number of hydrogen-bond acceptors (Lipinski definition) is 5. The molecule has 1 N–H and O–H groups in total. The summed E-state index contributed by atoms with van der Waals surface area (Å²) in [5.74, 6) is 0.728. The molecule has 0 aromatic carbocycles. The predicted molar refractivity (Wildman–Crippen MR) is 77.0 cm³/mol. The van der Waals surface area contributed by atoms with Crippen LogP contribution in [0.2, 0.25) is 5.02 Å². The second-order valence-electron chi connectivity index (χ2n) is 5.81. The van der Waals surface area contributed by atoms with Crippen LogP contribution < -0.4 is 10.2 Å². The number of halogens is 1. The van der Waals surface area contributed by atoms with Crippen molar-refractivity contribution in [3.63, 3.8) is 0 Å². The molecule has 20 heavy (non-hydrogen) atoms. The van der Waals surface area contributed by atoms with Gasteiger partial charge in [-0.2, -0.15) is 5.10 Å². The normalized spacial score (nSPS) is 19.0. The van der Waals surface area contributed by atoms with Crippen LogP contribution in [0.15, 0.2) is 12.3 Å². The van der Waals surface area contributed by atoms with Crippen LogP contribution in [-0.2, 0) is 4.74 Å². The quantitative estimate of drug-likeness (QED) is 0.907. The van der Waals surface area contributed by atoms with Gasteiger partial charge in [0.25, 0.3) is 0 Å². The van der Waals surface area contributed by atoms with E-state index in [1.165, 1.54) is 6.20 Å². The summed E-state index contributed by atoms with van der Waals surface area (Å²) in [5, 5.41) is 11.3. The summed E-state index contributed by atoms with van der Waals surface area (Å²) in [4.78, 5) is 13.8. The highest BCUT2D eigenvalue weighted by molar-refractivity contribution is 6.30. The topological polar surface area (TPSA) is 67.3 Å². The summed E-state index contributed by atoms with van der Waals surface area (Å²) in [6, 6.07) is 1.82. The Labute approximate surface area is 123 Å². The van der Waals surface area contributed by atoms with Gasteiger partial charge >= 0.3 is 6.09 Å². The van der Waals surface area contributed by atoms with Crippen molar-refractivity contribution in [1.82, 2.24) is 15.5 Å². The first-order valence-electron chi connectivity index (χ1n) is 6.56. The second kappa shape index (κ2) is 5.83. The Morgan fingerprint density at radius 2 is 2.30 bits per heavy atom. The van der Waals surface area contributed by atoms with Crippen molar-refractivity contribution in [3.05, 3.63) is 17.3 Å². The molecule has 1 amide bonds. The maximum Gasteiger partial charge on any atom is 0.407 e. The molecular weight excluding hydrogens is 280 g/mol. The van der Waals surface area contributed by atoms with E-state index < -0.39 is 5.60 Å². The molecular formula is C13H19ClN4O2. The van der Waals surface area contributed by atoms with Crippen LogP contribution in [-0.4, -0.2) is 41.0 Å². The van der Waals surface area contributed by atoms with Gasteiger partial charge in [-0.3, -0.25) is 0 Å². The average Bonchev–Trinajstić information content (AvgIpc) is 2.74. The van der Waals surface area contributed by atoms with Gasteiger partial charge in [0.1, 0.15) is 5.60 Å². The van der Waals surface area contributed by atoms with E-state index in [0.29, 0.717) is 11.6 Å². The van der Waals surface area contributed by atoms with Crippen molar-refractivity contribution in [2.24, 2.45) is 0 Å². The molecule has 2 heterocycles. The Bertz CT molecular complexity index is 490. The van der Waals surface area contributed by atoms with Gasteiger partial charge in [0.05, 0.1) is 17.3 Å². The van der Waals surface area contributed by atoms with Crippen molar-refractivity contribution >= 4 is 23.5 Å². The number of alkyl carbamates (subject to hydrolysis) is 1. The number of carbonyl (C=O) groups is 1. The van der Waals surface area contributed by atoms with Gasteiger partial charge in [0.2, 0.25) is 0 Å². The first-order valence-corrected chi connectivity index (χ1v) is 6.94. The van der Waals surface area contributed by atoms with Gasteiger partial charge in [-0.25, -0.2) is 4.79 Å². The molecule has 0 unspecified atom stereocenters. The van der Waals surface area contributed by atoms with Gasteiger partial charge in [0.15, 0.2) is 5.82 Å². The van der Waals surface area contributed by atoms with Gasteiger partial charge in [-0.15, -0.1) is 5.10 Å². The zero-order valence-electron chi connectivity index (χ0n) is 11.9. The van der Waals surface area contributed by atoms with Gasteiger partial charge < -0.3 is 15.0 Å². The van der Waals surface area contributed by atoms with Crippen molar-refractivity contribution in [3.8, 4) is 0 Å². The van der Waals surface area contributed by atoms with E-state index >= 15 is 0 Å². The fourth-order valence-corrected chi connectivity index (χ4v) is 2.19. The van der Waals surface area contributed by atoms with Crippen LogP contribution >= 0.6 is 11.6 Å². The minimum atomic E-state index is -0.485. The number of ether oxygens (including phenoxy) is 1. The van der Waals surface area contributed by atoms with E-state index in [2.05, 4.69) is 15.5 Å². The largest absolute Gasteiger partial charge is 0.444 e. The number of rotatable bonds is 2. The molecule has 1 aliphatic rings. The van der Waals surface area contributed by atoms with Gasteiger partial charge in [-0.05, 0) is 27.2 Å². The number of nitrogens with one attached hydrogen (secondary N) is 1. The van der Waals surface area contributed by atoms with Crippen LogP contribution in [0.1, 0.15) is 27.2 Å².